The SMILES string of the molecule is NC[C@H]1CCN(Cc2ccco2)C1. The van der Waals surface area contributed by atoms with E-state index in [1.165, 1.54) is 6.42 Å². The van der Waals surface area contributed by atoms with Gasteiger partial charge in [-0.05, 0) is 37.6 Å². The average Bonchev–Trinajstić information content (AvgIpc) is 2.76. The van der Waals surface area contributed by atoms with E-state index in [0.29, 0.717) is 5.92 Å². The van der Waals surface area contributed by atoms with Gasteiger partial charge in [-0.25, -0.2) is 0 Å². The molecule has 1 aromatic heterocycles. The minimum atomic E-state index is 0.690. The van der Waals surface area contributed by atoms with Crippen molar-refractivity contribution in [3.63, 3.8) is 0 Å². The van der Waals surface area contributed by atoms with Crippen molar-refractivity contribution in [2.75, 3.05) is 19.6 Å². The van der Waals surface area contributed by atoms with Gasteiger partial charge in [0, 0.05) is 6.54 Å². The van der Waals surface area contributed by atoms with Crippen LogP contribution in [0.4, 0.5) is 0 Å². The molecule has 2 N–H and O–H groups in total. The van der Waals surface area contributed by atoms with Gasteiger partial charge in [0.2, 0.25) is 0 Å². The fourth-order valence-corrected chi connectivity index (χ4v) is 1.87. The van der Waals surface area contributed by atoms with Crippen LogP contribution >= 0.6 is 0 Å². The van der Waals surface area contributed by atoms with Crippen LogP contribution in [0.3, 0.4) is 0 Å². The second-order valence-corrected chi connectivity index (χ2v) is 3.70. The Bertz CT molecular complexity index is 245. The zero-order chi connectivity index (χ0) is 9.10. The summed E-state index contributed by atoms with van der Waals surface area (Å²) in [6.07, 6.45) is 2.96. The summed E-state index contributed by atoms with van der Waals surface area (Å²) >= 11 is 0. The Labute approximate surface area is 78.5 Å². The molecule has 0 spiro atoms. The van der Waals surface area contributed by atoms with E-state index in [4.69, 9.17) is 10.2 Å². The van der Waals surface area contributed by atoms with Crippen LogP contribution in [0.2, 0.25) is 0 Å². The van der Waals surface area contributed by atoms with E-state index in [-0.39, 0.29) is 0 Å². The summed E-state index contributed by atoms with van der Waals surface area (Å²) < 4.78 is 5.29. The number of furan rings is 1. The van der Waals surface area contributed by atoms with E-state index in [1.54, 1.807) is 6.26 Å². The average molecular weight is 180 g/mol. The first-order valence-electron chi connectivity index (χ1n) is 4.83. The Morgan fingerprint density at radius 1 is 1.62 bits per heavy atom. The molecule has 2 heterocycles. The van der Waals surface area contributed by atoms with Crippen molar-refractivity contribution in [1.29, 1.82) is 0 Å². The van der Waals surface area contributed by atoms with Crippen LogP contribution in [0.1, 0.15) is 12.2 Å². The van der Waals surface area contributed by atoms with Gasteiger partial charge < -0.3 is 10.2 Å². The molecule has 1 aromatic rings. The lowest BCUT2D eigenvalue weighted by atomic mass is 10.1. The van der Waals surface area contributed by atoms with Crippen molar-refractivity contribution >= 4 is 0 Å². The normalized spacial score (nSPS) is 23.9. The maximum atomic E-state index is 5.62. The molecular weight excluding hydrogens is 164 g/mol. The molecule has 0 amide bonds. The highest BCUT2D eigenvalue weighted by Gasteiger charge is 2.21. The molecule has 0 radical (unpaired) electrons. The zero-order valence-corrected chi connectivity index (χ0v) is 7.78. The summed E-state index contributed by atoms with van der Waals surface area (Å²) in [6.45, 7) is 4.03. The number of nitrogens with zero attached hydrogens (tertiary/aromatic N) is 1. The van der Waals surface area contributed by atoms with E-state index >= 15 is 0 Å². The highest BCUT2D eigenvalue weighted by molar-refractivity contribution is 4.98. The minimum Gasteiger partial charge on any atom is -0.468 e. The Balaban J connectivity index is 1.84. The largest absolute Gasteiger partial charge is 0.468 e. The molecule has 13 heavy (non-hydrogen) atoms. The number of rotatable bonds is 3. The van der Waals surface area contributed by atoms with Crippen LogP contribution < -0.4 is 5.73 Å². The summed E-state index contributed by atoms with van der Waals surface area (Å²) in [4.78, 5) is 2.40. The molecule has 2 rings (SSSR count). The van der Waals surface area contributed by atoms with Gasteiger partial charge >= 0.3 is 0 Å². The Hall–Kier alpha value is -0.800. The first-order valence-corrected chi connectivity index (χ1v) is 4.83. The summed E-state index contributed by atoms with van der Waals surface area (Å²) in [6, 6.07) is 3.96. The first-order chi connectivity index (χ1) is 6.38. The van der Waals surface area contributed by atoms with Gasteiger partial charge in [-0.3, -0.25) is 4.90 Å². The van der Waals surface area contributed by atoms with Gasteiger partial charge in [-0.1, -0.05) is 0 Å². The van der Waals surface area contributed by atoms with Crippen molar-refractivity contribution in [2.24, 2.45) is 11.7 Å². The monoisotopic (exact) mass is 180 g/mol. The van der Waals surface area contributed by atoms with Gasteiger partial charge in [-0.2, -0.15) is 0 Å². The van der Waals surface area contributed by atoms with E-state index in [9.17, 15) is 0 Å². The fraction of sp³-hybridized carbons (Fsp3) is 0.600. The second kappa shape index (κ2) is 3.94. The summed E-state index contributed by atoms with van der Waals surface area (Å²) in [7, 11) is 0. The van der Waals surface area contributed by atoms with Gasteiger partial charge in [0.15, 0.2) is 0 Å². The van der Waals surface area contributed by atoms with Crippen LogP contribution in [0.5, 0.6) is 0 Å². The molecule has 1 fully saturated rings. The molecule has 3 heteroatoms. The second-order valence-electron chi connectivity index (χ2n) is 3.70. The summed E-state index contributed by atoms with van der Waals surface area (Å²) in [5.74, 6) is 1.74. The minimum absolute atomic E-state index is 0.690. The van der Waals surface area contributed by atoms with E-state index in [2.05, 4.69) is 4.90 Å². The predicted molar refractivity (Wildman–Crippen MR) is 51.1 cm³/mol. The highest BCUT2D eigenvalue weighted by atomic mass is 16.3. The molecule has 0 aliphatic carbocycles. The predicted octanol–water partition coefficient (Wildman–Crippen LogP) is 1.06. The van der Waals surface area contributed by atoms with Gasteiger partial charge in [0.25, 0.3) is 0 Å². The van der Waals surface area contributed by atoms with E-state index in [0.717, 1.165) is 31.9 Å². The molecule has 1 saturated heterocycles. The Kier molecular flexibility index (Phi) is 2.66. The lowest BCUT2D eigenvalue weighted by molar-refractivity contribution is 0.287. The molecule has 0 aromatic carbocycles. The maximum absolute atomic E-state index is 5.62. The molecule has 3 nitrogen and oxygen atoms in total. The molecule has 1 aliphatic rings. The third-order valence-corrected chi connectivity index (χ3v) is 2.66. The Morgan fingerprint density at radius 2 is 2.54 bits per heavy atom. The topological polar surface area (TPSA) is 42.4 Å². The number of nitrogens with two attached hydrogens (primary N) is 1. The van der Waals surface area contributed by atoms with Gasteiger partial charge in [0.05, 0.1) is 12.8 Å². The Morgan fingerprint density at radius 3 is 3.15 bits per heavy atom. The molecule has 1 atom stereocenters. The molecule has 1 aliphatic heterocycles. The quantitative estimate of drug-likeness (QED) is 0.756. The van der Waals surface area contributed by atoms with Gasteiger partial charge in [0.1, 0.15) is 5.76 Å². The van der Waals surface area contributed by atoms with Crippen molar-refractivity contribution in [3.8, 4) is 0 Å². The number of hydrogen-bond acceptors (Lipinski definition) is 3. The van der Waals surface area contributed by atoms with Crippen LogP contribution in [0, 0.1) is 5.92 Å². The van der Waals surface area contributed by atoms with Crippen molar-refractivity contribution in [3.05, 3.63) is 24.2 Å². The van der Waals surface area contributed by atoms with Crippen molar-refractivity contribution < 1.29 is 4.42 Å². The third kappa shape index (κ3) is 2.11. The first kappa shape index (κ1) is 8.78. The standard InChI is InChI=1S/C10H16N2O/c11-6-9-3-4-12(7-9)8-10-2-1-5-13-10/h1-2,5,9H,3-4,6-8,11H2/t9-/m1/s1. The maximum Gasteiger partial charge on any atom is 0.117 e. The van der Waals surface area contributed by atoms with E-state index < -0.39 is 0 Å². The molecule has 0 bridgehead atoms. The molecule has 0 unspecified atom stereocenters. The molecular formula is C10H16N2O. The summed E-state index contributed by atoms with van der Waals surface area (Å²) in [5.41, 5.74) is 5.62. The van der Waals surface area contributed by atoms with E-state index in [1.807, 2.05) is 12.1 Å². The van der Waals surface area contributed by atoms with Gasteiger partial charge in [-0.15, -0.1) is 0 Å². The summed E-state index contributed by atoms with van der Waals surface area (Å²) in [5, 5.41) is 0. The zero-order valence-electron chi connectivity index (χ0n) is 7.78. The smallest absolute Gasteiger partial charge is 0.117 e. The van der Waals surface area contributed by atoms with Crippen LogP contribution in [-0.4, -0.2) is 24.5 Å². The van der Waals surface area contributed by atoms with Crippen molar-refractivity contribution in [1.82, 2.24) is 4.90 Å². The third-order valence-electron chi connectivity index (χ3n) is 2.66. The number of hydrogen-bond donors (Lipinski definition) is 1. The van der Waals surface area contributed by atoms with Crippen LogP contribution in [-0.2, 0) is 6.54 Å². The lowest BCUT2D eigenvalue weighted by Gasteiger charge is -2.13. The highest BCUT2D eigenvalue weighted by Crippen LogP contribution is 2.17. The lowest BCUT2D eigenvalue weighted by Crippen LogP contribution is -2.22. The van der Waals surface area contributed by atoms with Crippen molar-refractivity contribution in [2.45, 2.75) is 13.0 Å². The fourth-order valence-electron chi connectivity index (χ4n) is 1.87. The van der Waals surface area contributed by atoms with Crippen LogP contribution in [0.15, 0.2) is 22.8 Å². The molecule has 0 saturated carbocycles. The van der Waals surface area contributed by atoms with Crippen LogP contribution in [0.25, 0.3) is 0 Å². The number of likely N-dealkylation sites (tertiary alicyclic amines) is 1. The molecule has 72 valence electrons.